The smallest absolute Gasteiger partial charge is 0.152 e. The normalized spacial score (nSPS) is 21.9. The zero-order valence-electron chi connectivity index (χ0n) is 7.33. The first-order chi connectivity index (χ1) is 5.84. The summed E-state index contributed by atoms with van der Waals surface area (Å²) in [5.74, 6) is 0. The molecule has 0 heterocycles. The molecule has 0 radical (unpaired) electrons. The summed E-state index contributed by atoms with van der Waals surface area (Å²) in [6.45, 7) is 0. The van der Waals surface area contributed by atoms with Crippen LogP contribution in [0, 0.1) is 0 Å². The number of allylic oxidation sites excluding steroid dienone is 1. The molecule has 1 rings (SSSR count). The third-order valence-corrected chi connectivity index (χ3v) is 2.33. The molecular weight excluding hydrogens is 152 g/mol. The molecule has 68 valence electrons. The minimum Gasteiger partial charge on any atom is -0.381 e. The molecule has 0 spiro atoms. The van der Waals surface area contributed by atoms with Crippen molar-refractivity contribution < 1.29 is 9.90 Å². The lowest BCUT2D eigenvalue weighted by Gasteiger charge is -2.12. The largest absolute Gasteiger partial charge is 0.381 e. The molecular formula is C10H16O2. The summed E-state index contributed by atoms with van der Waals surface area (Å²) in [5.41, 5.74) is 0.921. The molecule has 0 aromatic carbocycles. The molecule has 0 aromatic rings. The van der Waals surface area contributed by atoms with Crippen LogP contribution < -0.4 is 0 Å². The highest BCUT2D eigenvalue weighted by Gasteiger charge is 2.09. The zero-order chi connectivity index (χ0) is 8.81. The Hall–Kier alpha value is -0.630. The van der Waals surface area contributed by atoms with Crippen LogP contribution in [0.5, 0.6) is 0 Å². The van der Waals surface area contributed by atoms with Gasteiger partial charge in [-0.05, 0) is 31.3 Å². The van der Waals surface area contributed by atoms with Gasteiger partial charge in [0.15, 0.2) is 6.29 Å². The third kappa shape index (κ3) is 2.78. The van der Waals surface area contributed by atoms with Crippen LogP contribution in [0.4, 0.5) is 0 Å². The summed E-state index contributed by atoms with van der Waals surface area (Å²) in [7, 11) is 0. The summed E-state index contributed by atoms with van der Waals surface area (Å²) in [5, 5.41) is 9.26. The molecule has 0 aliphatic heterocycles. The lowest BCUT2D eigenvalue weighted by atomic mass is 9.97. The third-order valence-electron chi connectivity index (χ3n) is 2.33. The summed E-state index contributed by atoms with van der Waals surface area (Å²) in [6, 6.07) is 0. The van der Waals surface area contributed by atoms with Crippen molar-refractivity contribution in [3.05, 3.63) is 11.6 Å². The van der Waals surface area contributed by atoms with Gasteiger partial charge >= 0.3 is 0 Å². The average Bonchev–Trinajstić information content (AvgIpc) is 2.02. The Labute approximate surface area is 73.3 Å². The van der Waals surface area contributed by atoms with Gasteiger partial charge in [0.05, 0.1) is 0 Å². The molecule has 0 saturated carbocycles. The van der Waals surface area contributed by atoms with Gasteiger partial charge in [-0.2, -0.15) is 0 Å². The molecule has 1 unspecified atom stereocenters. The van der Waals surface area contributed by atoms with E-state index < -0.39 is 6.10 Å². The molecule has 1 aliphatic rings. The molecule has 0 amide bonds. The predicted molar refractivity (Wildman–Crippen MR) is 47.9 cm³/mol. The Morgan fingerprint density at radius 2 is 2.08 bits per heavy atom. The minimum absolute atomic E-state index is 0.618. The Bertz CT molecular complexity index is 173. The van der Waals surface area contributed by atoms with E-state index in [1.165, 1.54) is 19.3 Å². The second-order valence-electron chi connectivity index (χ2n) is 3.31. The summed E-state index contributed by atoms with van der Waals surface area (Å²) >= 11 is 0. The second kappa shape index (κ2) is 5.09. The van der Waals surface area contributed by atoms with Crippen LogP contribution in [-0.2, 0) is 4.79 Å². The van der Waals surface area contributed by atoms with Crippen molar-refractivity contribution >= 4 is 6.29 Å². The molecule has 0 fully saturated rings. The molecule has 0 bridgehead atoms. The fraction of sp³-hybridized carbons (Fsp3) is 0.700. The SMILES string of the molecule is O=CC(O)C1=CCCCCCC1. The van der Waals surface area contributed by atoms with E-state index in [2.05, 4.69) is 0 Å². The number of aldehydes is 1. The Morgan fingerprint density at radius 1 is 1.33 bits per heavy atom. The van der Waals surface area contributed by atoms with E-state index in [9.17, 15) is 9.90 Å². The quantitative estimate of drug-likeness (QED) is 0.504. The van der Waals surface area contributed by atoms with E-state index in [4.69, 9.17) is 0 Å². The number of hydrogen-bond donors (Lipinski definition) is 1. The van der Waals surface area contributed by atoms with Crippen molar-refractivity contribution in [3.63, 3.8) is 0 Å². The van der Waals surface area contributed by atoms with Crippen molar-refractivity contribution in [1.82, 2.24) is 0 Å². The first-order valence-corrected chi connectivity index (χ1v) is 4.67. The topological polar surface area (TPSA) is 37.3 Å². The fourth-order valence-corrected chi connectivity index (χ4v) is 1.57. The molecule has 1 N–H and O–H groups in total. The van der Waals surface area contributed by atoms with Gasteiger partial charge in [-0.1, -0.05) is 18.9 Å². The summed E-state index contributed by atoms with van der Waals surface area (Å²) < 4.78 is 0. The van der Waals surface area contributed by atoms with Gasteiger partial charge in [0.25, 0.3) is 0 Å². The molecule has 1 atom stereocenters. The van der Waals surface area contributed by atoms with Crippen LogP contribution in [-0.4, -0.2) is 17.5 Å². The molecule has 0 aromatic heterocycles. The Morgan fingerprint density at radius 3 is 2.83 bits per heavy atom. The molecule has 2 nitrogen and oxygen atoms in total. The van der Waals surface area contributed by atoms with Crippen LogP contribution in [0.3, 0.4) is 0 Å². The summed E-state index contributed by atoms with van der Waals surface area (Å²) in [6.07, 6.45) is 8.50. The predicted octanol–water partition coefficient (Wildman–Crippen LogP) is 1.83. The number of aliphatic hydroxyl groups is 1. The Kier molecular flexibility index (Phi) is 4.01. The highest BCUT2D eigenvalue weighted by Crippen LogP contribution is 2.18. The maximum atomic E-state index is 10.3. The molecule has 2 heteroatoms. The minimum atomic E-state index is -0.844. The second-order valence-corrected chi connectivity index (χ2v) is 3.31. The van der Waals surface area contributed by atoms with Crippen molar-refractivity contribution in [2.24, 2.45) is 0 Å². The van der Waals surface area contributed by atoms with E-state index in [1.807, 2.05) is 6.08 Å². The highest BCUT2D eigenvalue weighted by molar-refractivity contribution is 5.61. The molecule has 0 saturated heterocycles. The summed E-state index contributed by atoms with van der Waals surface area (Å²) in [4.78, 5) is 10.3. The molecule has 12 heavy (non-hydrogen) atoms. The molecule has 1 aliphatic carbocycles. The first-order valence-electron chi connectivity index (χ1n) is 4.67. The van der Waals surface area contributed by atoms with Crippen molar-refractivity contribution in [2.75, 3.05) is 0 Å². The van der Waals surface area contributed by atoms with Crippen LogP contribution in [0.2, 0.25) is 0 Å². The van der Waals surface area contributed by atoms with Crippen molar-refractivity contribution in [2.45, 2.75) is 44.6 Å². The maximum Gasteiger partial charge on any atom is 0.152 e. The fourth-order valence-electron chi connectivity index (χ4n) is 1.57. The van der Waals surface area contributed by atoms with Gasteiger partial charge in [-0.15, -0.1) is 0 Å². The van der Waals surface area contributed by atoms with Crippen molar-refractivity contribution in [1.29, 1.82) is 0 Å². The van der Waals surface area contributed by atoms with E-state index in [0.717, 1.165) is 24.8 Å². The van der Waals surface area contributed by atoms with Crippen molar-refractivity contribution in [3.8, 4) is 0 Å². The number of rotatable bonds is 2. The average molecular weight is 168 g/mol. The standard InChI is InChI=1S/C10H16O2/c11-8-10(12)9-6-4-2-1-3-5-7-9/h6,8,10,12H,1-5,7H2. The van der Waals surface area contributed by atoms with E-state index in [-0.39, 0.29) is 0 Å². The van der Waals surface area contributed by atoms with Crippen LogP contribution >= 0.6 is 0 Å². The number of aliphatic hydroxyl groups excluding tert-OH is 1. The first kappa shape index (κ1) is 9.46. The van der Waals surface area contributed by atoms with Gasteiger partial charge < -0.3 is 9.90 Å². The Balaban J connectivity index is 2.52. The number of carbonyl (C=O) groups excluding carboxylic acids is 1. The van der Waals surface area contributed by atoms with Gasteiger partial charge in [0.1, 0.15) is 6.10 Å². The number of hydrogen-bond acceptors (Lipinski definition) is 2. The lowest BCUT2D eigenvalue weighted by Crippen LogP contribution is -2.12. The van der Waals surface area contributed by atoms with Crippen LogP contribution in [0.25, 0.3) is 0 Å². The van der Waals surface area contributed by atoms with Gasteiger partial charge in [0, 0.05) is 0 Å². The number of carbonyl (C=O) groups is 1. The highest BCUT2D eigenvalue weighted by atomic mass is 16.3. The van der Waals surface area contributed by atoms with E-state index >= 15 is 0 Å². The zero-order valence-corrected chi connectivity index (χ0v) is 7.33. The van der Waals surface area contributed by atoms with Gasteiger partial charge in [0.2, 0.25) is 0 Å². The lowest BCUT2D eigenvalue weighted by molar-refractivity contribution is -0.113. The van der Waals surface area contributed by atoms with Crippen LogP contribution in [0.1, 0.15) is 38.5 Å². The van der Waals surface area contributed by atoms with Gasteiger partial charge in [-0.3, -0.25) is 0 Å². The van der Waals surface area contributed by atoms with Gasteiger partial charge in [-0.25, -0.2) is 0 Å². The maximum absolute atomic E-state index is 10.3. The van der Waals surface area contributed by atoms with E-state index in [1.54, 1.807) is 0 Å². The monoisotopic (exact) mass is 168 g/mol. The van der Waals surface area contributed by atoms with Crippen LogP contribution in [0.15, 0.2) is 11.6 Å². The van der Waals surface area contributed by atoms with E-state index in [0.29, 0.717) is 6.29 Å².